The highest BCUT2D eigenvalue weighted by molar-refractivity contribution is 8.01. The molecular weight excluding hydrogens is 336 g/mol. The van der Waals surface area contributed by atoms with Gasteiger partial charge in [-0.15, -0.1) is 10.2 Å². The van der Waals surface area contributed by atoms with Gasteiger partial charge in [0.25, 0.3) is 0 Å². The molecule has 0 aliphatic heterocycles. The topological polar surface area (TPSA) is 61.6 Å². The number of hydrogen-bond acceptors (Lipinski definition) is 6. The molecule has 1 N–H and O–H groups in total. The van der Waals surface area contributed by atoms with Gasteiger partial charge in [-0.1, -0.05) is 71.1 Å². The van der Waals surface area contributed by atoms with Crippen molar-refractivity contribution in [3.05, 3.63) is 65.7 Å². The van der Waals surface area contributed by atoms with Crippen molar-refractivity contribution in [2.45, 2.75) is 22.9 Å². The molecule has 1 atom stereocenters. The smallest absolute Gasteiger partial charge is 0.210 e. The molecule has 2 aromatic carbocycles. The molecule has 0 radical (unpaired) electrons. The maximum atomic E-state index is 9.42. The Hall–Kier alpha value is -2.36. The van der Waals surface area contributed by atoms with Gasteiger partial charge in [0.05, 0.1) is 6.07 Å². The summed E-state index contributed by atoms with van der Waals surface area (Å²) in [5.74, 6) is 0. The largest absolute Gasteiger partial charge is 0.330 e. The number of aromatic nitrogens is 2. The Morgan fingerprint density at radius 2 is 1.88 bits per heavy atom. The van der Waals surface area contributed by atoms with Crippen molar-refractivity contribution in [1.29, 1.82) is 5.26 Å². The minimum Gasteiger partial charge on any atom is -0.330 e. The lowest BCUT2D eigenvalue weighted by Crippen LogP contribution is -2.03. The minimum absolute atomic E-state index is 0.176. The first-order valence-corrected chi connectivity index (χ1v) is 9.20. The zero-order valence-electron chi connectivity index (χ0n) is 13.1. The third-order valence-corrected chi connectivity index (χ3v) is 5.37. The second kappa shape index (κ2) is 7.95. The molecule has 120 valence electrons. The number of aryl methyl sites for hydroxylation is 1. The van der Waals surface area contributed by atoms with Gasteiger partial charge in [-0.25, -0.2) is 0 Å². The van der Waals surface area contributed by atoms with Crippen molar-refractivity contribution < 1.29 is 0 Å². The first kappa shape index (κ1) is 16.5. The average molecular weight is 352 g/mol. The average Bonchev–Trinajstić information content (AvgIpc) is 3.04. The van der Waals surface area contributed by atoms with Crippen LogP contribution in [0.4, 0.5) is 10.8 Å². The summed E-state index contributed by atoms with van der Waals surface area (Å²) in [4.78, 5) is 0. The minimum atomic E-state index is -0.176. The molecule has 0 amide bonds. The van der Waals surface area contributed by atoms with Crippen LogP contribution < -0.4 is 5.32 Å². The van der Waals surface area contributed by atoms with Crippen molar-refractivity contribution in [2.24, 2.45) is 0 Å². The summed E-state index contributed by atoms with van der Waals surface area (Å²) in [5.41, 5.74) is 3.36. The van der Waals surface area contributed by atoms with Crippen LogP contribution in [0.15, 0.2) is 58.9 Å². The lowest BCUT2D eigenvalue weighted by molar-refractivity contribution is 0.990. The van der Waals surface area contributed by atoms with Gasteiger partial charge in [-0.2, -0.15) is 5.26 Å². The Bertz CT molecular complexity index is 822. The number of nitrogens with zero attached hydrogens (tertiary/aromatic N) is 3. The van der Waals surface area contributed by atoms with Crippen molar-refractivity contribution in [1.82, 2.24) is 10.2 Å². The summed E-state index contributed by atoms with van der Waals surface area (Å²) in [7, 11) is 0. The highest BCUT2D eigenvalue weighted by Gasteiger charge is 2.14. The highest BCUT2D eigenvalue weighted by atomic mass is 32.2. The second-order valence-electron chi connectivity index (χ2n) is 5.29. The molecule has 6 heteroatoms. The van der Waals surface area contributed by atoms with Gasteiger partial charge in [-0.3, -0.25) is 0 Å². The maximum absolute atomic E-state index is 9.42. The van der Waals surface area contributed by atoms with Crippen molar-refractivity contribution in [2.75, 3.05) is 5.32 Å². The van der Waals surface area contributed by atoms with Crippen LogP contribution in [-0.4, -0.2) is 15.4 Å². The molecule has 0 saturated carbocycles. The van der Waals surface area contributed by atoms with E-state index in [9.17, 15) is 5.26 Å². The van der Waals surface area contributed by atoms with Gasteiger partial charge in [-0.05, 0) is 31.0 Å². The third kappa shape index (κ3) is 4.57. The zero-order chi connectivity index (χ0) is 16.8. The molecule has 0 aliphatic carbocycles. The van der Waals surface area contributed by atoms with Crippen LogP contribution in [0.3, 0.4) is 0 Å². The summed E-state index contributed by atoms with van der Waals surface area (Å²) in [5, 5.41) is 21.5. The lowest BCUT2D eigenvalue weighted by atomic mass is 10.1. The standard InChI is InChI=1S/C18H16N4S2/c1-13-7-9-14(10-8-13)11-16(12-19)23-18-22-21-17(24-18)20-15-5-3-2-4-6-15/h2-10,16H,11H2,1H3,(H,20,21)/t16-/m1/s1. The molecule has 0 aliphatic rings. The van der Waals surface area contributed by atoms with Crippen molar-refractivity contribution in [3.8, 4) is 6.07 Å². The Kier molecular flexibility index (Phi) is 5.47. The van der Waals surface area contributed by atoms with Gasteiger partial charge in [0, 0.05) is 5.69 Å². The lowest BCUT2D eigenvalue weighted by Gasteiger charge is -2.06. The van der Waals surface area contributed by atoms with Crippen LogP contribution >= 0.6 is 23.1 Å². The number of hydrogen-bond donors (Lipinski definition) is 1. The Morgan fingerprint density at radius 1 is 1.12 bits per heavy atom. The molecule has 1 aromatic heterocycles. The van der Waals surface area contributed by atoms with E-state index in [0.29, 0.717) is 6.42 Å². The van der Waals surface area contributed by atoms with E-state index in [1.54, 1.807) is 0 Å². The third-order valence-electron chi connectivity index (χ3n) is 3.36. The Labute approximate surface area is 149 Å². The molecule has 0 fully saturated rings. The van der Waals surface area contributed by atoms with Crippen LogP contribution in [0.5, 0.6) is 0 Å². The van der Waals surface area contributed by atoms with Gasteiger partial charge in [0.1, 0.15) is 5.25 Å². The van der Waals surface area contributed by atoms with E-state index in [1.165, 1.54) is 28.7 Å². The van der Waals surface area contributed by atoms with Crippen molar-refractivity contribution >= 4 is 33.9 Å². The zero-order valence-corrected chi connectivity index (χ0v) is 14.8. The van der Waals surface area contributed by atoms with E-state index in [-0.39, 0.29) is 5.25 Å². The highest BCUT2D eigenvalue weighted by Crippen LogP contribution is 2.31. The number of thioether (sulfide) groups is 1. The summed E-state index contributed by atoms with van der Waals surface area (Å²) < 4.78 is 0.798. The Balaban J connectivity index is 1.62. The SMILES string of the molecule is Cc1ccc(C[C@H](C#N)Sc2nnc(Nc3ccccc3)s2)cc1. The number of rotatable bonds is 6. The van der Waals surface area contributed by atoms with E-state index in [1.807, 2.05) is 30.3 Å². The van der Waals surface area contributed by atoms with E-state index in [0.717, 1.165) is 20.7 Å². The summed E-state index contributed by atoms with van der Waals surface area (Å²) in [6.07, 6.45) is 0.697. The fourth-order valence-electron chi connectivity index (χ4n) is 2.13. The molecule has 3 rings (SSSR count). The maximum Gasteiger partial charge on any atom is 0.210 e. The molecule has 4 nitrogen and oxygen atoms in total. The van der Waals surface area contributed by atoms with Gasteiger partial charge >= 0.3 is 0 Å². The predicted octanol–water partition coefficient (Wildman–Crippen LogP) is 4.82. The molecule has 24 heavy (non-hydrogen) atoms. The molecule has 1 heterocycles. The number of nitriles is 1. The normalized spacial score (nSPS) is 11.7. The molecular formula is C18H16N4S2. The Morgan fingerprint density at radius 3 is 2.58 bits per heavy atom. The van der Waals surface area contributed by atoms with E-state index in [4.69, 9.17) is 0 Å². The summed E-state index contributed by atoms with van der Waals surface area (Å²) in [6.45, 7) is 2.06. The van der Waals surface area contributed by atoms with Crippen LogP contribution in [0.2, 0.25) is 0 Å². The number of anilines is 2. The second-order valence-corrected chi connectivity index (χ2v) is 7.72. The van der Waals surface area contributed by atoms with E-state index >= 15 is 0 Å². The van der Waals surface area contributed by atoms with Crippen LogP contribution in [0.1, 0.15) is 11.1 Å². The molecule has 0 saturated heterocycles. The van der Waals surface area contributed by atoms with E-state index < -0.39 is 0 Å². The first-order chi connectivity index (χ1) is 11.7. The van der Waals surface area contributed by atoms with Gasteiger partial charge in [0.2, 0.25) is 5.13 Å². The van der Waals surface area contributed by atoms with Gasteiger partial charge in [0.15, 0.2) is 4.34 Å². The fraction of sp³-hybridized carbons (Fsp3) is 0.167. The number of para-hydroxylation sites is 1. The predicted molar refractivity (Wildman–Crippen MR) is 99.8 cm³/mol. The molecule has 3 aromatic rings. The monoisotopic (exact) mass is 352 g/mol. The molecule has 0 bridgehead atoms. The quantitative estimate of drug-likeness (QED) is 0.645. The molecule has 0 unspecified atom stereocenters. The van der Waals surface area contributed by atoms with E-state index in [2.05, 4.69) is 52.8 Å². The number of nitrogens with one attached hydrogen (secondary N) is 1. The summed E-state index contributed by atoms with van der Waals surface area (Å²) >= 11 is 2.93. The van der Waals surface area contributed by atoms with Crippen LogP contribution in [0.25, 0.3) is 0 Å². The fourth-order valence-corrected chi connectivity index (χ4v) is 4.06. The summed E-state index contributed by atoms with van der Waals surface area (Å²) in [6, 6.07) is 20.5. The van der Waals surface area contributed by atoms with Gasteiger partial charge < -0.3 is 5.32 Å². The van der Waals surface area contributed by atoms with Crippen LogP contribution in [-0.2, 0) is 6.42 Å². The number of benzene rings is 2. The van der Waals surface area contributed by atoms with Crippen molar-refractivity contribution in [3.63, 3.8) is 0 Å². The van der Waals surface area contributed by atoms with Crippen LogP contribution in [0, 0.1) is 18.3 Å². The first-order valence-electron chi connectivity index (χ1n) is 7.50. The molecule has 0 spiro atoms.